The number of hydrogen-bond acceptors (Lipinski definition) is 6. The van der Waals surface area contributed by atoms with E-state index in [0.717, 1.165) is 17.8 Å². The molecule has 2 heterocycles. The van der Waals surface area contributed by atoms with E-state index in [-0.39, 0.29) is 23.0 Å². The van der Waals surface area contributed by atoms with Crippen molar-refractivity contribution in [2.75, 3.05) is 31.6 Å². The van der Waals surface area contributed by atoms with Crippen LogP contribution in [0, 0.1) is 21.9 Å². The number of carbonyl (C=O) groups is 1. The first-order chi connectivity index (χ1) is 17.4. The molecule has 1 unspecified atom stereocenters. The molecule has 1 amide bonds. The highest BCUT2D eigenvalue weighted by Gasteiger charge is 2.23. The topological polar surface area (TPSA) is 87.6 Å². The first kappa shape index (κ1) is 25.4. The largest absolute Gasteiger partial charge is 0.374 e. The van der Waals surface area contributed by atoms with E-state index in [1.54, 1.807) is 28.3 Å². The van der Waals surface area contributed by atoms with Crippen LogP contribution in [-0.2, 0) is 23.1 Å². The minimum absolute atomic E-state index is 0.161. The zero-order chi connectivity index (χ0) is 25.7. The van der Waals surface area contributed by atoms with Gasteiger partial charge in [-0.15, -0.1) is 0 Å². The number of carbonyl (C=O) groups excluding carboxylic acids is 1. The molecule has 0 aliphatic carbocycles. The van der Waals surface area contributed by atoms with Crippen LogP contribution < -0.4 is 10.8 Å². The molecule has 0 radical (unpaired) electrons. The lowest BCUT2D eigenvalue weighted by Crippen LogP contribution is -2.45. The molecular weight excluding hydrogens is 479 g/mol. The van der Waals surface area contributed by atoms with Crippen LogP contribution in [0.3, 0.4) is 0 Å². The van der Waals surface area contributed by atoms with Gasteiger partial charge in [0.2, 0.25) is 5.91 Å². The molecule has 1 fully saturated rings. The van der Waals surface area contributed by atoms with E-state index < -0.39 is 5.91 Å². The number of hydrogen-bond donors (Lipinski definition) is 1. The van der Waals surface area contributed by atoms with Gasteiger partial charge in [-0.1, -0.05) is 30.3 Å². The standard InChI is InChI=1S/C26H27FN6O2S/c1-18(34)30-25-23(14-28)24(33(26(36)31(25)2)21-6-4-3-5-7-21)29-15-22-17-32(12-13-35-22)16-19-8-10-20(27)11-9-19/h3-11,22,29H,12-13,15-17H2,1-2H3. The highest BCUT2D eigenvalue weighted by molar-refractivity contribution is 7.71. The van der Waals surface area contributed by atoms with Crippen LogP contribution >= 0.6 is 12.2 Å². The molecule has 186 valence electrons. The second kappa shape index (κ2) is 11.4. The fraction of sp³-hybridized carbons (Fsp3) is 0.308. The Balaban J connectivity index is 1.65. The number of ether oxygens (including phenoxy) is 1. The lowest BCUT2D eigenvalue weighted by atomic mass is 10.2. The van der Waals surface area contributed by atoms with Gasteiger partial charge in [-0.25, -0.2) is 4.39 Å². The highest BCUT2D eigenvalue weighted by atomic mass is 32.1. The predicted molar refractivity (Wildman–Crippen MR) is 136 cm³/mol. The van der Waals surface area contributed by atoms with Crippen LogP contribution in [0.2, 0.25) is 0 Å². The summed E-state index contributed by atoms with van der Waals surface area (Å²) in [5, 5.41) is 13.4. The minimum Gasteiger partial charge on any atom is -0.374 e. The summed E-state index contributed by atoms with van der Waals surface area (Å²) in [5.41, 5.74) is 2.21. The monoisotopic (exact) mass is 506 g/mol. The number of rotatable bonds is 6. The van der Waals surface area contributed by atoms with Crippen molar-refractivity contribution in [2.45, 2.75) is 19.6 Å². The van der Waals surface area contributed by atoms with Gasteiger partial charge >= 0.3 is 0 Å². The van der Waals surface area contributed by atoms with E-state index in [1.165, 1.54) is 19.1 Å². The molecule has 8 nitrogen and oxygen atoms in total. The summed E-state index contributed by atoms with van der Waals surface area (Å²) < 4.78 is 23.0. The Morgan fingerprint density at radius 1 is 1.25 bits per heavy atom. The van der Waals surface area contributed by atoms with Crippen LogP contribution in [0.15, 0.2) is 59.6 Å². The average molecular weight is 507 g/mol. The number of nitrogens with zero attached hydrogens (tertiary/aromatic N) is 5. The van der Waals surface area contributed by atoms with Crippen molar-refractivity contribution < 1.29 is 13.9 Å². The van der Waals surface area contributed by atoms with Gasteiger partial charge in [0, 0.05) is 45.8 Å². The molecule has 4 rings (SSSR count). The Kier molecular flexibility index (Phi) is 8.05. The van der Waals surface area contributed by atoms with Crippen molar-refractivity contribution in [1.29, 1.82) is 5.26 Å². The van der Waals surface area contributed by atoms with E-state index >= 15 is 0 Å². The molecule has 1 aromatic heterocycles. The Morgan fingerprint density at radius 2 is 1.97 bits per heavy atom. The van der Waals surface area contributed by atoms with E-state index in [1.807, 2.05) is 30.3 Å². The Labute approximate surface area is 213 Å². The number of benzene rings is 2. The first-order valence-corrected chi connectivity index (χ1v) is 12.0. The van der Waals surface area contributed by atoms with Crippen LogP contribution in [0.5, 0.6) is 0 Å². The maximum Gasteiger partial charge on any atom is 0.244 e. The van der Waals surface area contributed by atoms with Crippen LogP contribution in [0.1, 0.15) is 18.1 Å². The summed E-state index contributed by atoms with van der Waals surface area (Å²) in [6, 6.07) is 18.2. The fourth-order valence-corrected chi connectivity index (χ4v) is 4.48. The molecule has 0 spiro atoms. The third-order valence-corrected chi connectivity index (χ3v) is 6.37. The van der Waals surface area contributed by atoms with Gasteiger partial charge in [-0.2, -0.15) is 10.3 Å². The van der Waals surface area contributed by atoms with Gasteiger partial charge in [-0.3, -0.25) is 14.3 Å². The lowest BCUT2D eigenvalue weighted by Gasteiger charge is -2.33. The molecule has 0 bridgehead atoms. The molecule has 36 heavy (non-hydrogen) atoms. The minimum atomic E-state index is -0.424. The molecule has 1 aliphatic heterocycles. The number of aromatic nitrogens is 2. The van der Waals surface area contributed by atoms with Gasteiger partial charge in [0.1, 0.15) is 23.3 Å². The molecule has 2 aromatic carbocycles. The van der Waals surface area contributed by atoms with Crippen molar-refractivity contribution in [3.8, 4) is 11.8 Å². The molecule has 1 saturated heterocycles. The molecule has 1 aliphatic rings. The van der Waals surface area contributed by atoms with Crippen molar-refractivity contribution >= 4 is 23.9 Å². The molecule has 1 N–H and O–H groups in total. The molecule has 3 aromatic rings. The maximum absolute atomic E-state index is 13.3. The number of amides is 1. The third kappa shape index (κ3) is 5.76. The van der Waals surface area contributed by atoms with Gasteiger partial charge in [0.25, 0.3) is 0 Å². The predicted octanol–water partition coefficient (Wildman–Crippen LogP) is 3.32. The first-order valence-electron chi connectivity index (χ1n) is 11.6. The smallest absolute Gasteiger partial charge is 0.244 e. The SMILES string of the molecule is CC(=O)N=c1c(C#N)c(NCC2CN(Cc3ccc(F)cc3)CCO2)n(-c2ccccc2)c(=S)n1C. The molecule has 10 heteroatoms. The third-order valence-electron chi connectivity index (χ3n) is 5.91. The van der Waals surface area contributed by atoms with Crippen molar-refractivity contribution in [3.05, 3.63) is 81.8 Å². The number of nitrogens with one attached hydrogen (secondary N) is 1. The summed E-state index contributed by atoms with van der Waals surface area (Å²) in [7, 11) is 1.69. The van der Waals surface area contributed by atoms with E-state index in [0.29, 0.717) is 36.8 Å². The number of nitriles is 1. The Bertz CT molecular complexity index is 1410. The van der Waals surface area contributed by atoms with Crippen molar-refractivity contribution in [2.24, 2.45) is 12.0 Å². The second-order valence-corrected chi connectivity index (χ2v) is 8.90. The fourth-order valence-electron chi connectivity index (χ4n) is 4.19. The summed E-state index contributed by atoms with van der Waals surface area (Å²) in [6.45, 7) is 4.40. The Morgan fingerprint density at radius 3 is 2.64 bits per heavy atom. The molecule has 1 atom stereocenters. The zero-order valence-electron chi connectivity index (χ0n) is 20.1. The van der Waals surface area contributed by atoms with Crippen molar-refractivity contribution in [3.63, 3.8) is 0 Å². The van der Waals surface area contributed by atoms with Gasteiger partial charge in [0.05, 0.1) is 12.7 Å². The van der Waals surface area contributed by atoms with E-state index in [2.05, 4.69) is 21.3 Å². The summed E-state index contributed by atoms with van der Waals surface area (Å²) in [6.07, 6.45) is -0.161. The second-order valence-electron chi connectivity index (χ2n) is 8.54. The van der Waals surface area contributed by atoms with E-state index in [9.17, 15) is 14.4 Å². The van der Waals surface area contributed by atoms with Crippen molar-refractivity contribution in [1.82, 2.24) is 14.0 Å². The summed E-state index contributed by atoms with van der Waals surface area (Å²) in [4.78, 5) is 18.1. The van der Waals surface area contributed by atoms with Gasteiger partial charge < -0.3 is 14.6 Å². The number of anilines is 1. The van der Waals surface area contributed by atoms with Gasteiger partial charge in [0.15, 0.2) is 10.3 Å². The van der Waals surface area contributed by atoms with Crippen LogP contribution in [0.4, 0.5) is 10.2 Å². The average Bonchev–Trinajstić information content (AvgIpc) is 2.87. The number of halogens is 1. The molecular formula is C26H27FN6O2S. The maximum atomic E-state index is 13.3. The summed E-state index contributed by atoms with van der Waals surface area (Å²) >= 11 is 5.72. The lowest BCUT2D eigenvalue weighted by molar-refractivity contribution is -0.116. The molecule has 0 saturated carbocycles. The van der Waals surface area contributed by atoms with Crippen LogP contribution in [0.25, 0.3) is 5.69 Å². The quantitative estimate of drug-likeness (QED) is 0.516. The number of para-hydroxylation sites is 1. The highest BCUT2D eigenvalue weighted by Crippen LogP contribution is 2.20. The van der Waals surface area contributed by atoms with Crippen LogP contribution in [-0.4, -0.2) is 52.3 Å². The zero-order valence-corrected chi connectivity index (χ0v) is 21.0. The van der Waals surface area contributed by atoms with Gasteiger partial charge in [-0.05, 0) is 42.0 Å². The Hall–Kier alpha value is -3.65. The van der Waals surface area contributed by atoms with E-state index in [4.69, 9.17) is 17.0 Å². The number of morpholine rings is 1. The summed E-state index contributed by atoms with van der Waals surface area (Å²) in [5.74, 6) is -0.228. The normalized spacial score (nSPS) is 16.5.